The number of hydrogen-bond donors (Lipinski definition) is 0. The first-order chi connectivity index (χ1) is 17.6. The minimum absolute atomic E-state index is 0.0503. The fourth-order valence-corrected chi connectivity index (χ4v) is 4.77. The average molecular weight is 495 g/mol. The molecule has 1 heterocycles. The molecule has 0 spiro atoms. The number of carbonyl (C=O) groups is 3. The molecular formula is C29H22N2O4S. The van der Waals surface area contributed by atoms with Crippen molar-refractivity contribution in [1.82, 2.24) is 0 Å². The second kappa shape index (κ2) is 10.2. The number of para-hydroxylation sites is 2. The molecular weight excluding hydrogens is 472 g/mol. The van der Waals surface area contributed by atoms with Crippen LogP contribution in [0.15, 0.2) is 126 Å². The molecule has 1 saturated heterocycles. The number of barbiturate groups is 1. The molecule has 4 aromatic carbocycles. The third-order valence-electron chi connectivity index (χ3n) is 5.83. The summed E-state index contributed by atoms with van der Waals surface area (Å²) in [6, 6.07) is 34.8. The van der Waals surface area contributed by atoms with E-state index in [9.17, 15) is 14.4 Å². The van der Waals surface area contributed by atoms with Crippen LogP contribution < -0.4 is 9.80 Å². The van der Waals surface area contributed by atoms with E-state index >= 15 is 0 Å². The molecule has 6 nitrogen and oxygen atoms in total. The van der Waals surface area contributed by atoms with Crippen LogP contribution in [-0.2, 0) is 20.2 Å². The average Bonchev–Trinajstić information content (AvgIpc) is 2.93. The van der Waals surface area contributed by atoms with E-state index in [1.807, 2.05) is 60.7 Å². The zero-order valence-electron chi connectivity index (χ0n) is 19.2. The van der Waals surface area contributed by atoms with E-state index in [4.69, 9.17) is 4.18 Å². The highest BCUT2D eigenvalue weighted by Crippen LogP contribution is 2.38. The first kappa shape index (κ1) is 23.5. The predicted octanol–water partition coefficient (Wildman–Crippen LogP) is 5.89. The maximum absolute atomic E-state index is 14.2. The van der Waals surface area contributed by atoms with Gasteiger partial charge in [-0.1, -0.05) is 84.9 Å². The fraction of sp³-hybridized carbons (Fsp3) is 0.0690. The van der Waals surface area contributed by atoms with E-state index in [1.54, 1.807) is 60.7 Å². The Balaban J connectivity index is 1.67. The lowest BCUT2D eigenvalue weighted by Gasteiger charge is -2.43. The lowest BCUT2D eigenvalue weighted by atomic mass is 9.89. The van der Waals surface area contributed by atoms with Crippen LogP contribution in [0.5, 0.6) is 0 Å². The van der Waals surface area contributed by atoms with E-state index in [-0.39, 0.29) is 6.42 Å². The van der Waals surface area contributed by atoms with Gasteiger partial charge in [-0.15, -0.1) is 0 Å². The lowest BCUT2D eigenvalue weighted by Crippen LogP contribution is -2.71. The van der Waals surface area contributed by atoms with Gasteiger partial charge in [0.15, 0.2) is 0 Å². The molecule has 0 saturated carbocycles. The maximum Gasteiger partial charge on any atom is 0.342 e. The Bertz CT molecular complexity index is 1300. The van der Waals surface area contributed by atoms with E-state index in [2.05, 4.69) is 0 Å². The summed E-state index contributed by atoms with van der Waals surface area (Å²) in [5.41, 5.74) is -0.567. The Kier molecular flexibility index (Phi) is 6.66. The monoisotopic (exact) mass is 494 g/mol. The number of anilines is 2. The number of nitrogens with zero attached hydrogens (tertiary/aromatic N) is 2. The van der Waals surface area contributed by atoms with Gasteiger partial charge in [-0.2, -0.15) is 0 Å². The van der Waals surface area contributed by atoms with Crippen LogP contribution in [0.2, 0.25) is 0 Å². The summed E-state index contributed by atoms with van der Waals surface area (Å²) in [6.45, 7) is 0. The molecule has 4 aromatic rings. The van der Waals surface area contributed by atoms with E-state index in [0.29, 0.717) is 11.4 Å². The number of urea groups is 1. The van der Waals surface area contributed by atoms with Gasteiger partial charge in [0.1, 0.15) is 0 Å². The SMILES string of the molecule is O=C1N(c2ccccc2)C(=O)C(Cc2ccccc2)(OSc2ccccc2)C(=O)N1c1ccccc1. The maximum atomic E-state index is 14.2. The van der Waals surface area contributed by atoms with Gasteiger partial charge >= 0.3 is 6.03 Å². The van der Waals surface area contributed by atoms with Crippen LogP contribution in [0.25, 0.3) is 0 Å². The number of hydrogen-bond acceptors (Lipinski definition) is 5. The number of amides is 4. The van der Waals surface area contributed by atoms with Gasteiger partial charge in [0, 0.05) is 23.4 Å². The molecule has 0 atom stereocenters. The Labute approximate surface area is 213 Å². The molecule has 0 aliphatic carbocycles. The zero-order valence-corrected chi connectivity index (χ0v) is 20.0. The molecule has 0 unspecified atom stereocenters. The van der Waals surface area contributed by atoms with Crippen molar-refractivity contribution in [2.75, 3.05) is 9.80 Å². The molecule has 4 amide bonds. The number of carbonyl (C=O) groups excluding carboxylic acids is 3. The number of rotatable bonds is 7. The third kappa shape index (κ3) is 4.42. The molecule has 0 bridgehead atoms. The van der Waals surface area contributed by atoms with Crippen LogP contribution >= 0.6 is 12.0 Å². The van der Waals surface area contributed by atoms with Gasteiger partial charge in [0.05, 0.1) is 11.4 Å². The second-order valence-corrected chi connectivity index (χ2v) is 9.01. The van der Waals surface area contributed by atoms with E-state index < -0.39 is 23.4 Å². The third-order valence-corrected chi connectivity index (χ3v) is 6.66. The van der Waals surface area contributed by atoms with Gasteiger partial charge in [0.2, 0.25) is 5.60 Å². The summed E-state index contributed by atoms with van der Waals surface area (Å²) >= 11 is 0.942. The largest absolute Gasteiger partial charge is 0.342 e. The van der Waals surface area contributed by atoms with Crippen LogP contribution in [0.4, 0.5) is 16.2 Å². The normalized spacial score (nSPS) is 15.3. The Morgan fingerprint density at radius 3 is 1.47 bits per heavy atom. The highest BCUT2D eigenvalue weighted by Gasteiger charge is 2.60. The molecule has 5 rings (SSSR count). The molecule has 178 valence electrons. The lowest BCUT2D eigenvalue weighted by molar-refractivity contribution is -0.146. The minimum atomic E-state index is -2.00. The molecule has 1 aliphatic heterocycles. The summed E-state index contributed by atoms with van der Waals surface area (Å²) in [5, 5.41) is 0. The fourth-order valence-electron chi connectivity index (χ4n) is 4.07. The molecule has 0 radical (unpaired) electrons. The standard InChI is InChI=1S/C29H22N2O4S/c32-26-29(21-22-13-5-1-6-14-22,35-36-25-19-11-4-12-20-25)27(33)31(24-17-9-3-10-18-24)28(34)30(26)23-15-7-2-8-16-23/h1-20H,21H2. The van der Waals surface area contributed by atoms with Crippen molar-refractivity contribution in [3.63, 3.8) is 0 Å². The second-order valence-electron chi connectivity index (χ2n) is 8.20. The Morgan fingerprint density at radius 2 is 1.00 bits per heavy atom. The Morgan fingerprint density at radius 1 is 0.583 bits per heavy atom. The predicted molar refractivity (Wildman–Crippen MR) is 140 cm³/mol. The summed E-state index contributed by atoms with van der Waals surface area (Å²) in [7, 11) is 0. The Hall–Kier alpha value is -4.20. The summed E-state index contributed by atoms with van der Waals surface area (Å²) in [6.07, 6.45) is -0.0503. The first-order valence-electron chi connectivity index (χ1n) is 11.4. The zero-order chi connectivity index (χ0) is 25.0. The highest BCUT2D eigenvalue weighted by atomic mass is 32.2. The van der Waals surface area contributed by atoms with Crippen molar-refractivity contribution in [1.29, 1.82) is 0 Å². The van der Waals surface area contributed by atoms with Gasteiger partial charge in [0.25, 0.3) is 11.8 Å². The smallest absolute Gasteiger partial charge is 0.283 e. The van der Waals surface area contributed by atoms with Gasteiger partial charge in [-0.05, 0) is 42.0 Å². The number of benzene rings is 4. The van der Waals surface area contributed by atoms with Crippen LogP contribution in [0, 0.1) is 0 Å². The van der Waals surface area contributed by atoms with Crippen LogP contribution in [0.1, 0.15) is 5.56 Å². The van der Waals surface area contributed by atoms with Crippen molar-refractivity contribution < 1.29 is 18.6 Å². The van der Waals surface area contributed by atoms with E-state index in [0.717, 1.165) is 32.3 Å². The van der Waals surface area contributed by atoms with Crippen molar-refractivity contribution in [2.24, 2.45) is 0 Å². The van der Waals surface area contributed by atoms with Crippen molar-refractivity contribution in [2.45, 2.75) is 16.9 Å². The van der Waals surface area contributed by atoms with Crippen LogP contribution in [0.3, 0.4) is 0 Å². The van der Waals surface area contributed by atoms with Gasteiger partial charge in [-0.25, -0.2) is 14.6 Å². The summed E-state index contributed by atoms with van der Waals surface area (Å²) < 4.78 is 6.22. The highest BCUT2D eigenvalue weighted by molar-refractivity contribution is 7.94. The van der Waals surface area contributed by atoms with Crippen LogP contribution in [-0.4, -0.2) is 23.4 Å². The molecule has 0 N–H and O–H groups in total. The molecule has 36 heavy (non-hydrogen) atoms. The van der Waals surface area contributed by atoms with Crippen molar-refractivity contribution in [3.05, 3.63) is 127 Å². The molecule has 1 aliphatic rings. The van der Waals surface area contributed by atoms with Gasteiger partial charge in [-0.3, -0.25) is 13.8 Å². The van der Waals surface area contributed by atoms with Gasteiger partial charge < -0.3 is 0 Å². The topological polar surface area (TPSA) is 66.9 Å². The molecule has 1 fully saturated rings. The first-order valence-corrected chi connectivity index (χ1v) is 12.1. The van der Waals surface area contributed by atoms with Crippen molar-refractivity contribution >= 4 is 41.3 Å². The number of imide groups is 2. The van der Waals surface area contributed by atoms with Crippen molar-refractivity contribution in [3.8, 4) is 0 Å². The summed E-state index contributed by atoms with van der Waals surface area (Å²) in [4.78, 5) is 44.9. The minimum Gasteiger partial charge on any atom is -0.283 e. The summed E-state index contributed by atoms with van der Waals surface area (Å²) in [5.74, 6) is -1.47. The molecule has 0 aromatic heterocycles. The molecule has 7 heteroatoms. The van der Waals surface area contributed by atoms with E-state index in [1.165, 1.54) is 0 Å². The quantitative estimate of drug-likeness (QED) is 0.237.